The molecular weight excluding hydrogens is 392 g/mol. The Hall–Kier alpha value is -1.65. The lowest BCUT2D eigenvalue weighted by Crippen LogP contribution is -2.16. The maximum Gasteiger partial charge on any atom is 0.341 e. The molecule has 0 spiro atoms. The minimum Gasteiger partial charge on any atom is -0.462 e. The van der Waals surface area contributed by atoms with Crippen LogP contribution in [0.5, 0.6) is 0 Å². The third kappa shape index (κ3) is 5.18. The van der Waals surface area contributed by atoms with Crippen LogP contribution in [0.4, 0.5) is 10.1 Å². The third-order valence-corrected chi connectivity index (χ3v) is 6.43. The number of amides is 1. The predicted molar refractivity (Wildman–Crippen MR) is 108 cm³/mol. The summed E-state index contributed by atoms with van der Waals surface area (Å²) in [7, 11) is 0. The van der Waals surface area contributed by atoms with Crippen molar-refractivity contribution in [1.82, 2.24) is 10.2 Å². The summed E-state index contributed by atoms with van der Waals surface area (Å²) in [5, 5.41) is 15.2. The van der Waals surface area contributed by atoms with Crippen LogP contribution >= 0.6 is 34.4 Å². The number of aryl methyl sites for hydroxylation is 1. The van der Waals surface area contributed by atoms with Gasteiger partial charge in [-0.1, -0.05) is 30.0 Å². The number of esters is 1. The highest BCUT2D eigenvalue weighted by atomic mass is 32.2. The van der Waals surface area contributed by atoms with Gasteiger partial charge in [0.2, 0.25) is 11.0 Å². The molecule has 0 fully saturated rings. The molecule has 10 heteroatoms. The summed E-state index contributed by atoms with van der Waals surface area (Å²) in [5.74, 6) is -0.387. The Kier molecular flexibility index (Phi) is 7.85. The SMILES string of the molecule is CCNc1nnc(SCC(=O)Nc2sc(C)c(CC)c2C(=O)OCC)s1. The zero-order valence-electron chi connectivity index (χ0n) is 15.2. The number of thioether (sulfide) groups is 1. The number of nitrogens with zero attached hydrogens (tertiary/aromatic N) is 2. The molecule has 2 N–H and O–H groups in total. The third-order valence-electron chi connectivity index (χ3n) is 3.36. The van der Waals surface area contributed by atoms with Gasteiger partial charge >= 0.3 is 5.97 Å². The first kappa shape index (κ1) is 20.7. The Bertz CT molecular complexity index is 773. The number of ether oxygens (including phenoxy) is 1. The molecule has 26 heavy (non-hydrogen) atoms. The van der Waals surface area contributed by atoms with E-state index in [4.69, 9.17) is 4.74 Å². The minimum atomic E-state index is -0.393. The monoisotopic (exact) mass is 414 g/mol. The van der Waals surface area contributed by atoms with Crippen LogP contribution in [-0.4, -0.2) is 41.0 Å². The number of carbonyl (C=O) groups excluding carboxylic acids is 2. The van der Waals surface area contributed by atoms with Gasteiger partial charge in [0.05, 0.1) is 17.9 Å². The first-order valence-corrected chi connectivity index (χ1v) is 10.9. The van der Waals surface area contributed by atoms with Crippen LogP contribution in [-0.2, 0) is 16.0 Å². The van der Waals surface area contributed by atoms with Crippen molar-refractivity contribution < 1.29 is 14.3 Å². The Labute approximate surface area is 164 Å². The Morgan fingerprint density at radius 2 is 1.96 bits per heavy atom. The molecule has 0 aromatic carbocycles. The summed E-state index contributed by atoms with van der Waals surface area (Å²) < 4.78 is 5.87. The fraction of sp³-hybridized carbons (Fsp3) is 0.500. The van der Waals surface area contributed by atoms with Crippen molar-refractivity contribution in [3.05, 3.63) is 16.0 Å². The highest BCUT2D eigenvalue weighted by Gasteiger charge is 2.23. The molecule has 2 heterocycles. The summed E-state index contributed by atoms with van der Waals surface area (Å²) in [4.78, 5) is 25.6. The molecular formula is C16H22N4O3S3. The normalized spacial score (nSPS) is 10.6. The van der Waals surface area contributed by atoms with Crippen molar-refractivity contribution in [3.8, 4) is 0 Å². The second-order valence-electron chi connectivity index (χ2n) is 5.16. The van der Waals surface area contributed by atoms with Crippen molar-refractivity contribution in [2.45, 2.75) is 38.5 Å². The van der Waals surface area contributed by atoms with Gasteiger partial charge in [0.25, 0.3) is 0 Å². The molecule has 0 aliphatic heterocycles. The number of rotatable bonds is 9. The van der Waals surface area contributed by atoms with Crippen molar-refractivity contribution in [2.24, 2.45) is 0 Å². The van der Waals surface area contributed by atoms with E-state index in [1.54, 1.807) is 6.92 Å². The smallest absolute Gasteiger partial charge is 0.341 e. The fourth-order valence-electron chi connectivity index (χ4n) is 2.29. The summed E-state index contributed by atoms with van der Waals surface area (Å²) >= 11 is 4.13. The Morgan fingerprint density at radius 3 is 2.62 bits per heavy atom. The van der Waals surface area contributed by atoms with Gasteiger partial charge in [-0.2, -0.15) is 0 Å². The molecule has 0 bridgehead atoms. The fourth-order valence-corrected chi connectivity index (χ4v) is 5.06. The first-order chi connectivity index (χ1) is 12.5. The molecule has 0 aliphatic carbocycles. The Morgan fingerprint density at radius 1 is 1.19 bits per heavy atom. The maximum atomic E-state index is 12.3. The molecule has 7 nitrogen and oxygen atoms in total. The van der Waals surface area contributed by atoms with Crippen molar-refractivity contribution in [1.29, 1.82) is 0 Å². The second kappa shape index (κ2) is 9.89. The molecule has 142 valence electrons. The molecule has 0 radical (unpaired) electrons. The minimum absolute atomic E-state index is 0.190. The number of aromatic nitrogens is 2. The molecule has 0 unspecified atom stereocenters. The number of hydrogen-bond acceptors (Lipinski definition) is 9. The van der Waals surface area contributed by atoms with E-state index >= 15 is 0 Å². The van der Waals surface area contributed by atoms with Gasteiger partial charge in [-0.05, 0) is 32.8 Å². The molecule has 0 saturated carbocycles. The molecule has 0 aliphatic rings. The second-order valence-corrected chi connectivity index (χ2v) is 8.58. The van der Waals surface area contributed by atoms with Crippen LogP contribution < -0.4 is 10.6 Å². The summed E-state index contributed by atoms with van der Waals surface area (Å²) in [6, 6.07) is 0. The van der Waals surface area contributed by atoms with Gasteiger partial charge < -0.3 is 15.4 Å². The first-order valence-electron chi connectivity index (χ1n) is 8.29. The van der Waals surface area contributed by atoms with Crippen LogP contribution in [0, 0.1) is 6.92 Å². The lowest BCUT2D eigenvalue weighted by atomic mass is 10.1. The summed E-state index contributed by atoms with van der Waals surface area (Å²) in [6.45, 7) is 8.74. The number of hydrogen-bond donors (Lipinski definition) is 2. The van der Waals surface area contributed by atoms with Crippen LogP contribution in [0.1, 0.15) is 41.6 Å². The number of carbonyl (C=O) groups is 2. The molecule has 0 saturated heterocycles. The van der Waals surface area contributed by atoms with Crippen LogP contribution in [0.15, 0.2) is 4.34 Å². The highest BCUT2D eigenvalue weighted by Crippen LogP contribution is 2.34. The maximum absolute atomic E-state index is 12.3. The van der Waals surface area contributed by atoms with E-state index in [0.29, 0.717) is 23.6 Å². The van der Waals surface area contributed by atoms with Gasteiger partial charge in [-0.25, -0.2) is 4.79 Å². The predicted octanol–water partition coefficient (Wildman–Crippen LogP) is 3.81. The van der Waals surface area contributed by atoms with Crippen LogP contribution in [0.3, 0.4) is 0 Å². The van der Waals surface area contributed by atoms with Crippen LogP contribution in [0.2, 0.25) is 0 Å². The van der Waals surface area contributed by atoms with Gasteiger partial charge in [-0.3, -0.25) is 4.79 Å². The number of nitrogens with one attached hydrogen (secondary N) is 2. The van der Waals surface area contributed by atoms with E-state index in [1.807, 2.05) is 20.8 Å². The quantitative estimate of drug-likeness (QED) is 0.476. The highest BCUT2D eigenvalue weighted by molar-refractivity contribution is 8.01. The van der Waals surface area contributed by atoms with E-state index in [0.717, 1.165) is 26.5 Å². The van der Waals surface area contributed by atoms with Crippen molar-refractivity contribution in [3.63, 3.8) is 0 Å². The van der Waals surface area contributed by atoms with Crippen molar-refractivity contribution in [2.75, 3.05) is 29.5 Å². The molecule has 1 amide bonds. The lowest BCUT2D eigenvalue weighted by molar-refractivity contribution is -0.113. The van der Waals surface area contributed by atoms with E-state index in [9.17, 15) is 9.59 Å². The molecule has 2 aromatic rings. The van der Waals surface area contributed by atoms with Crippen LogP contribution in [0.25, 0.3) is 0 Å². The molecule has 0 atom stereocenters. The van der Waals surface area contributed by atoms with Crippen molar-refractivity contribution >= 4 is 56.4 Å². The lowest BCUT2D eigenvalue weighted by Gasteiger charge is -2.07. The topological polar surface area (TPSA) is 93.2 Å². The summed E-state index contributed by atoms with van der Waals surface area (Å²) in [6.07, 6.45) is 0.707. The van der Waals surface area contributed by atoms with Gasteiger partial charge in [0, 0.05) is 11.4 Å². The number of anilines is 2. The van der Waals surface area contributed by atoms with E-state index in [1.165, 1.54) is 34.4 Å². The van der Waals surface area contributed by atoms with E-state index in [2.05, 4.69) is 20.8 Å². The zero-order chi connectivity index (χ0) is 19.1. The van der Waals surface area contributed by atoms with E-state index < -0.39 is 5.97 Å². The van der Waals surface area contributed by atoms with Gasteiger partial charge in [-0.15, -0.1) is 21.5 Å². The molecule has 2 rings (SSSR count). The zero-order valence-corrected chi connectivity index (χ0v) is 17.6. The van der Waals surface area contributed by atoms with Gasteiger partial charge in [0.1, 0.15) is 5.00 Å². The van der Waals surface area contributed by atoms with E-state index in [-0.39, 0.29) is 11.7 Å². The summed E-state index contributed by atoms with van der Waals surface area (Å²) in [5.41, 5.74) is 1.40. The number of thiophene rings is 1. The largest absolute Gasteiger partial charge is 0.462 e. The average Bonchev–Trinajstić information content (AvgIpc) is 3.17. The van der Waals surface area contributed by atoms with Gasteiger partial charge in [0.15, 0.2) is 4.34 Å². The average molecular weight is 415 g/mol. The standard InChI is InChI=1S/C16H22N4O3S3/c1-5-10-9(4)25-13(12(10)14(22)23-7-3)18-11(21)8-24-16-20-19-15(26-16)17-6-2/h5-8H2,1-4H3,(H,17,19)(H,18,21). The Balaban J connectivity index is 2.04. The molecule has 2 aromatic heterocycles.